The van der Waals surface area contributed by atoms with Crippen molar-refractivity contribution in [1.29, 1.82) is 0 Å². The van der Waals surface area contributed by atoms with E-state index in [9.17, 15) is 4.79 Å². The van der Waals surface area contributed by atoms with Crippen molar-refractivity contribution < 1.29 is 4.79 Å². The first-order valence-corrected chi connectivity index (χ1v) is 9.96. The maximum Gasteiger partial charge on any atom is 0.249 e. The van der Waals surface area contributed by atoms with E-state index in [1.54, 1.807) is 4.52 Å². The number of anilines is 2. The van der Waals surface area contributed by atoms with Gasteiger partial charge >= 0.3 is 0 Å². The van der Waals surface area contributed by atoms with Gasteiger partial charge in [0.2, 0.25) is 5.91 Å². The summed E-state index contributed by atoms with van der Waals surface area (Å²) < 4.78 is 2.85. The topological polar surface area (TPSA) is 75.4 Å². The predicted molar refractivity (Wildman–Crippen MR) is 106 cm³/mol. The molecule has 2 fully saturated rings. The van der Waals surface area contributed by atoms with E-state index in [0.717, 1.165) is 46.5 Å². The van der Waals surface area contributed by atoms with Gasteiger partial charge in [-0.3, -0.25) is 4.79 Å². The molecule has 3 aromatic rings. The third-order valence-electron chi connectivity index (χ3n) is 5.21. The second kappa shape index (κ2) is 6.30. The Hall–Kier alpha value is -2.48. The lowest BCUT2D eigenvalue weighted by Gasteiger charge is -2.18. The molecular weight excluding hydrogens is 408 g/mol. The van der Waals surface area contributed by atoms with Gasteiger partial charge in [-0.25, -0.2) is 0 Å². The molecule has 2 aliphatic rings. The molecule has 1 atom stereocenters. The van der Waals surface area contributed by atoms with Crippen LogP contribution in [0.15, 0.2) is 34.8 Å². The molecule has 1 saturated carbocycles. The van der Waals surface area contributed by atoms with Gasteiger partial charge in [0.25, 0.3) is 0 Å². The molecule has 1 N–H and O–H groups in total. The van der Waals surface area contributed by atoms with E-state index in [4.69, 9.17) is 0 Å². The fourth-order valence-corrected chi connectivity index (χ4v) is 3.77. The second-order valence-corrected chi connectivity index (χ2v) is 8.08. The third kappa shape index (κ3) is 2.97. The Balaban J connectivity index is 1.36. The largest absolute Gasteiger partial charge is 0.357 e. The molecule has 1 unspecified atom stereocenters. The minimum Gasteiger partial charge on any atom is -0.357 e. The van der Waals surface area contributed by atoms with Crippen LogP contribution < -0.4 is 10.2 Å². The number of nitrogens with zero attached hydrogens (tertiary/aromatic N) is 5. The van der Waals surface area contributed by atoms with Gasteiger partial charge < -0.3 is 10.2 Å². The number of hydrogen-bond donors (Lipinski definition) is 1. The maximum absolute atomic E-state index is 12.9. The molecule has 2 aromatic heterocycles. The minimum absolute atomic E-state index is 0.0739. The van der Waals surface area contributed by atoms with Crippen molar-refractivity contribution in [2.75, 3.05) is 16.8 Å². The molecule has 1 aliphatic heterocycles. The first-order chi connectivity index (χ1) is 13.1. The smallest absolute Gasteiger partial charge is 0.249 e. The second-order valence-electron chi connectivity index (χ2n) is 7.23. The third-order valence-corrected chi connectivity index (χ3v) is 6.10. The molecule has 0 spiro atoms. The number of carbonyl (C=O) groups excluding carboxylic acids is 1. The van der Waals surface area contributed by atoms with E-state index in [1.165, 1.54) is 0 Å². The van der Waals surface area contributed by atoms with Gasteiger partial charge in [0.1, 0.15) is 11.9 Å². The number of halogens is 1. The van der Waals surface area contributed by atoms with E-state index < -0.39 is 0 Å². The van der Waals surface area contributed by atoms with Crippen molar-refractivity contribution in [1.82, 2.24) is 19.8 Å². The van der Waals surface area contributed by atoms with Crippen LogP contribution in [0.1, 0.15) is 36.6 Å². The number of benzene rings is 1. The zero-order chi connectivity index (χ0) is 18.5. The van der Waals surface area contributed by atoms with Crippen LogP contribution in [0.4, 0.5) is 11.5 Å². The average Bonchev–Trinajstić information content (AvgIpc) is 3.33. The lowest BCUT2D eigenvalue weighted by Crippen LogP contribution is -2.33. The summed E-state index contributed by atoms with van der Waals surface area (Å²) in [6, 6.07) is 9.47. The molecule has 27 heavy (non-hydrogen) atoms. The molecule has 5 rings (SSSR count). The standard InChI is InChI=1S/C19H19BrN6O/c1-11-10-13(4-5-14(11)20)25-9-8-15(19(25)27)21-16-6-7-17-22-23-18(12-2-3-12)26(17)24-16/h4-7,10,12,15H,2-3,8-9H2,1H3,(H,21,24). The highest BCUT2D eigenvalue weighted by molar-refractivity contribution is 9.10. The Morgan fingerprint density at radius 1 is 1.15 bits per heavy atom. The van der Waals surface area contributed by atoms with Crippen LogP contribution in [0, 0.1) is 6.92 Å². The van der Waals surface area contributed by atoms with E-state index in [1.807, 2.05) is 42.2 Å². The Morgan fingerprint density at radius 3 is 2.78 bits per heavy atom. The quantitative estimate of drug-likeness (QED) is 0.692. The van der Waals surface area contributed by atoms with Crippen LogP contribution in [-0.2, 0) is 4.79 Å². The number of nitrogens with one attached hydrogen (secondary N) is 1. The van der Waals surface area contributed by atoms with Crippen molar-refractivity contribution in [3.63, 3.8) is 0 Å². The van der Waals surface area contributed by atoms with Gasteiger partial charge in [-0.2, -0.15) is 4.52 Å². The molecule has 1 aliphatic carbocycles. The summed E-state index contributed by atoms with van der Waals surface area (Å²) in [5, 5.41) is 16.4. The maximum atomic E-state index is 12.9. The van der Waals surface area contributed by atoms with Gasteiger partial charge in [0, 0.05) is 22.6 Å². The molecule has 1 amide bonds. The van der Waals surface area contributed by atoms with Crippen LogP contribution in [0.3, 0.4) is 0 Å². The summed E-state index contributed by atoms with van der Waals surface area (Å²) >= 11 is 3.51. The lowest BCUT2D eigenvalue weighted by molar-refractivity contribution is -0.117. The summed E-state index contributed by atoms with van der Waals surface area (Å²) in [4.78, 5) is 14.7. The number of amides is 1. The van der Waals surface area contributed by atoms with Gasteiger partial charge in [0.05, 0.1) is 0 Å². The Bertz CT molecular complexity index is 1040. The van der Waals surface area contributed by atoms with E-state index >= 15 is 0 Å². The van der Waals surface area contributed by atoms with Gasteiger partial charge in [-0.15, -0.1) is 15.3 Å². The molecule has 3 heterocycles. The first-order valence-electron chi connectivity index (χ1n) is 9.16. The first kappa shape index (κ1) is 16.7. The highest BCUT2D eigenvalue weighted by atomic mass is 79.9. The summed E-state index contributed by atoms with van der Waals surface area (Å²) in [7, 11) is 0. The number of rotatable bonds is 4. The molecule has 1 saturated heterocycles. The van der Waals surface area contributed by atoms with Crippen molar-refractivity contribution in [2.45, 2.75) is 38.1 Å². The summed E-state index contributed by atoms with van der Waals surface area (Å²) in [5.74, 6) is 2.13. The van der Waals surface area contributed by atoms with Crippen LogP contribution in [0.2, 0.25) is 0 Å². The van der Waals surface area contributed by atoms with Crippen molar-refractivity contribution in [2.24, 2.45) is 0 Å². The van der Waals surface area contributed by atoms with Crippen molar-refractivity contribution in [3.8, 4) is 0 Å². The minimum atomic E-state index is -0.278. The Kier molecular flexibility index (Phi) is 3.89. The van der Waals surface area contributed by atoms with E-state index in [2.05, 4.69) is 36.5 Å². The SMILES string of the molecule is Cc1cc(N2CCC(Nc3ccc4nnc(C5CC5)n4n3)C2=O)ccc1Br. The fraction of sp³-hybridized carbons (Fsp3) is 0.368. The van der Waals surface area contributed by atoms with E-state index in [0.29, 0.717) is 18.3 Å². The molecule has 0 bridgehead atoms. The average molecular weight is 427 g/mol. The lowest BCUT2D eigenvalue weighted by atomic mass is 10.2. The molecular formula is C19H19BrN6O. The number of hydrogen-bond acceptors (Lipinski definition) is 5. The normalized spacial score (nSPS) is 19.9. The van der Waals surface area contributed by atoms with Crippen molar-refractivity contribution >= 4 is 39.0 Å². The van der Waals surface area contributed by atoms with Crippen LogP contribution in [-0.4, -0.2) is 38.3 Å². The zero-order valence-corrected chi connectivity index (χ0v) is 16.5. The fourth-order valence-electron chi connectivity index (χ4n) is 3.52. The van der Waals surface area contributed by atoms with Crippen molar-refractivity contribution in [3.05, 3.63) is 46.2 Å². The van der Waals surface area contributed by atoms with Gasteiger partial charge in [0.15, 0.2) is 11.5 Å². The highest BCUT2D eigenvalue weighted by Gasteiger charge is 2.33. The predicted octanol–water partition coefficient (Wildman–Crippen LogP) is 3.29. The molecule has 1 aromatic carbocycles. The molecule has 138 valence electrons. The number of aryl methyl sites for hydroxylation is 1. The number of fused-ring (bicyclic) bond motifs is 1. The zero-order valence-electron chi connectivity index (χ0n) is 14.9. The van der Waals surface area contributed by atoms with E-state index in [-0.39, 0.29) is 11.9 Å². The van der Waals surface area contributed by atoms with Gasteiger partial charge in [-0.1, -0.05) is 15.9 Å². The number of aromatic nitrogens is 4. The van der Waals surface area contributed by atoms with Gasteiger partial charge in [-0.05, 0) is 62.1 Å². The van der Waals surface area contributed by atoms with Crippen LogP contribution in [0.25, 0.3) is 5.65 Å². The molecule has 0 radical (unpaired) electrons. The Labute approximate surface area is 164 Å². The molecule has 7 nitrogen and oxygen atoms in total. The van der Waals surface area contributed by atoms with Crippen LogP contribution >= 0.6 is 15.9 Å². The summed E-state index contributed by atoms with van der Waals surface area (Å²) in [6.07, 6.45) is 3.02. The number of carbonyl (C=O) groups is 1. The summed E-state index contributed by atoms with van der Waals surface area (Å²) in [5.41, 5.74) is 2.79. The Morgan fingerprint density at radius 2 is 2.00 bits per heavy atom. The highest BCUT2D eigenvalue weighted by Crippen LogP contribution is 2.38. The summed E-state index contributed by atoms with van der Waals surface area (Å²) in [6.45, 7) is 2.72. The van der Waals surface area contributed by atoms with Crippen LogP contribution in [0.5, 0.6) is 0 Å². The molecule has 8 heteroatoms. The monoisotopic (exact) mass is 426 g/mol.